The Labute approximate surface area is 126 Å². The molecule has 8 heteroatoms. The van der Waals surface area contributed by atoms with E-state index >= 15 is 0 Å². The van der Waals surface area contributed by atoms with Crippen LogP contribution in [-0.2, 0) is 14.2 Å². The van der Waals surface area contributed by atoms with E-state index in [0.29, 0.717) is 0 Å². The third-order valence-electron chi connectivity index (χ3n) is 3.38. The smallest absolute Gasteiger partial charge is 0.338 e. The van der Waals surface area contributed by atoms with Crippen molar-refractivity contribution in [3.05, 3.63) is 29.8 Å². The Balaban J connectivity index is 1.95. The molecule has 2 rings (SSSR count). The molecule has 0 saturated carbocycles. The minimum absolute atomic E-state index is 0.0163. The Kier molecular flexibility index (Phi) is 5.33. The first kappa shape index (κ1) is 16.7. The Morgan fingerprint density at radius 3 is 2.36 bits per heavy atom. The molecule has 0 aromatic heterocycles. The average molecular weight is 314 g/mol. The lowest BCUT2D eigenvalue weighted by Crippen LogP contribution is -2.59. The number of aliphatic hydroxyl groups is 3. The van der Waals surface area contributed by atoms with E-state index < -0.39 is 36.7 Å². The van der Waals surface area contributed by atoms with E-state index in [0.717, 1.165) is 0 Å². The molecular formula is C14H18O8. The number of benzene rings is 1. The monoisotopic (exact) mass is 314 g/mol. The van der Waals surface area contributed by atoms with Gasteiger partial charge in [-0.15, -0.1) is 0 Å². The van der Waals surface area contributed by atoms with Crippen molar-refractivity contribution in [1.29, 1.82) is 0 Å². The minimum Gasteiger partial charge on any atom is -0.508 e. The van der Waals surface area contributed by atoms with Crippen molar-refractivity contribution in [2.24, 2.45) is 0 Å². The molecular weight excluding hydrogens is 296 g/mol. The number of carbonyl (C=O) groups is 1. The average Bonchev–Trinajstić information content (AvgIpc) is 2.52. The number of phenolic OH excluding ortho intramolecular Hbond substituents is 1. The van der Waals surface area contributed by atoms with Crippen molar-refractivity contribution < 1.29 is 39.4 Å². The van der Waals surface area contributed by atoms with Gasteiger partial charge in [-0.1, -0.05) is 0 Å². The number of hydrogen-bond acceptors (Lipinski definition) is 8. The molecule has 1 aliphatic heterocycles. The summed E-state index contributed by atoms with van der Waals surface area (Å²) >= 11 is 0. The zero-order chi connectivity index (χ0) is 16.3. The van der Waals surface area contributed by atoms with Gasteiger partial charge < -0.3 is 34.6 Å². The topological polar surface area (TPSA) is 126 Å². The number of rotatable bonds is 4. The van der Waals surface area contributed by atoms with Crippen molar-refractivity contribution in [3.8, 4) is 5.75 Å². The van der Waals surface area contributed by atoms with E-state index in [-0.39, 0.29) is 17.9 Å². The molecule has 0 spiro atoms. The van der Waals surface area contributed by atoms with Crippen LogP contribution >= 0.6 is 0 Å². The highest BCUT2D eigenvalue weighted by atomic mass is 16.7. The van der Waals surface area contributed by atoms with Gasteiger partial charge in [0.25, 0.3) is 0 Å². The first-order valence-corrected chi connectivity index (χ1v) is 6.62. The number of carbonyl (C=O) groups excluding carboxylic acids is 1. The molecule has 1 aromatic carbocycles. The molecule has 0 radical (unpaired) electrons. The molecule has 1 aliphatic rings. The molecule has 22 heavy (non-hydrogen) atoms. The summed E-state index contributed by atoms with van der Waals surface area (Å²) in [7, 11) is 1.28. The summed E-state index contributed by atoms with van der Waals surface area (Å²) in [6.45, 7) is -0.329. The number of hydrogen-bond donors (Lipinski definition) is 4. The van der Waals surface area contributed by atoms with Gasteiger partial charge in [0.05, 0.1) is 5.56 Å². The van der Waals surface area contributed by atoms with Gasteiger partial charge in [-0.05, 0) is 24.3 Å². The van der Waals surface area contributed by atoms with E-state index in [2.05, 4.69) is 0 Å². The van der Waals surface area contributed by atoms with Crippen LogP contribution in [0.3, 0.4) is 0 Å². The summed E-state index contributed by atoms with van der Waals surface area (Å²) in [4.78, 5) is 11.8. The lowest BCUT2D eigenvalue weighted by Gasteiger charge is -2.39. The maximum atomic E-state index is 11.8. The Bertz CT molecular complexity index is 500. The van der Waals surface area contributed by atoms with Crippen molar-refractivity contribution in [2.75, 3.05) is 13.7 Å². The standard InChI is InChI=1S/C14H18O8/c1-20-14-12(18)11(17)10(16)9(22-14)6-21-13(19)7-2-4-8(15)5-3-7/h2-5,9-12,14-18H,6H2,1H3/t9-,10-,11+,12-,14+/m1/s1. The Hall–Kier alpha value is -1.71. The van der Waals surface area contributed by atoms with Crippen LogP contribution < -0.4 is 0 Å². The highest BCUT2D eigenvalue weighted by molar-refractivity contribution is 5.89. The molecule has 1 fully saturated rings. The van der Waals surface area contributed by atoms with Crippen LogP contribution in [0.5, 0.6) is 5.75 Å². The van der Waals surface area contributed by atoms with Crippen molar-refractivity contribution in [2.45, 2.75) is 30.7 Å². The molecule has 5 atom stereocenters. The van der Waals surface area contributed by atoms with Crippen molar-refractivity contribution >= 4 is 5.97 Å². The number of aliphatic hydroxyl groups excluding tert-OH is 3. The first-order chi connectivity index (χ1) is 10.4. The van der Waals surface area contributed by atoms with E-state index in [1.54, 1.807) is 0 Å². The summed E-state index contributed by atoms with van der Waals surface area (Å²) in [5, 5.41) is 38.3. The van der Waals surface area contributed by atoms with Crippen LogP contribution in [-0.4, -0.2) is 70.8 Å². The lowest BCUT2D eigenvalue weighted by molar-refractivity contribution is -0.294. The third kappa shape index (κ3) is 3.54. The molecule has 0 bridgehead atoms. The van der Waals surface area contributed by atoms with Crippen LogP contribution in [0.15, 0.2) is 24.3 Å². The molecule has 0 amide bonds. The zero-order valence-electron chi connectivity index (χ0n) is 11.8. The van der Waals surface area contributed by atoms with Gasteiger partial charge >= 0.3 is 5.97 Å². The largest absolute Gasteiger partial charge is 0.508 e. The van der Waals surface area contributed by atoms with Gasteiger partial charge in [0.2, 0.25) is 0 Å². The molecule has 122 valence electrons. The highest BCUT2D eigenvalue weighted by Crippen LogP contribution is 2.22. The second kappa shape index (κ2) is 7.03. The number of methoxy groups -OCH3 is 1. The summed E-state index contributed by atoms with van der Waals surface area (Å²) in [5.74, 6) is -0.659. The summed E-state index contributed by atoms with van der Waals surface area (Å²) in [5.41, 5.74) is 0.215. The molecule has 0 aliphatic carbocycles. The van der Waals surface area contributed by atoms with E-state index in [9.17, 15) is 20.1 Å². The SMILES string of the molecule is CO[C@H]1O[C@H](COC(=O)c2ccc(O)cc2)[C@@H](O)[C@H](O)[C@H]1O. The van der Waals surface area contributed by atoms with E-state index in [1.807, 2.05) is 0 Å². The summed E-state index contributed by atoms with van der Waals surface area (Å²) in [6, 6.07) is 5.44. The maximum Gasteiger partial charge on any atom is 0.338 e. The zero-order valence-corrected chi connectivity index (χ0v) is 11.8. The van der Waals surface area contributed by atoms with Crippen molar-refractivity contribution in [1.82, 2.24) is 0 Å². The Morgan fingerprint density at radius 2 is 1.77 bits per heavy atom. The maximum absolute atomic E-state index is 11.8. The van der Waals surface area contributed by atoms with Crippen LogP contribution in [0.1, 0.15) is 10.4 Å². The quantitative estimate of drug-likeness (QED) is 0.522. The second-order valence-corrected chi connectivity index (χ2v) is 4.90. The fraction of sp³-hybridized carbons (Fsp3) is 0.500. The molecule has 0 unspecified atom stereocenters. The predicted molar refractivity (Wildman–Crippen MR) is 72.1 cm³/mol. The normalized spacial score (nSPS) is 31.7. The predicted octanol–water partition coefficient (Wildman–Crippen LogP) is -0.997. The van der Waals surface area contributed by atoms with Crippen LogP contribution in [0.4, 0.5) is 0 Å². The van der Waals surface area contributed by atoms with Crippen LogP contribution in [0, 0.1) is 0 Å². The Morgan fingerprint density at radius 1 is 1.14 bits per heavy atom. The van der Waals surface area contributed by atoms with Gasteiger partial charge in [-0.3, -0.25) is 0 Å². The molecule has 8 nitrogen and oxygen atoms in total. The van der Waals surface area contributed by atoms with E-state index in [1.165, 1.54) is 31.4 Å². The van der Waals surface area contributed by atoms with Gasteiger partial charge in [-0.2, -0.15) is 0 Å². The van der Waals surface area contributed by atoms with Crippen LogP contribution in [0.25, 0.3) is 0 Å². The number of esters is 1. The molecule has 1 saturated heterocycles. The number of ether oxygens (including phenoxy) is 3. The van der Waals surface area contributed by atoms with Gasteiger partial charge in [0.1, 0.15) is 36.8 Å². The molecule has 4 N–H and O–H groups in total. The summed E-state index contributed by atoms with van der Waals surface area (Å²) in [6.07, 6.45) is -6.46. The van der Waals surface area contributed by atoms with Gasteiger partial charge in [-0.25, -0.2) is 4.79 Å². The van der Waals surface area contributed by atoms with Crippen LogP contribution in [0.2, 0.25) is 0 Å². The van der Waals surface area contributed by atoms with Gasteiger partial charge in [0, 0.05) is 7.11 Å². The number of aromatic hydroxyl groups is 1. The number of phenols is 1. The molecule has 1 heterocycles. The second-order valence-electron chi connectivity index (χ2n) is 4.90. The summed E-state index contributed by atoms with van der Waals surface area (Å²) < 4.78 is 15.1. The fourth-order valence-electron chi connectivity index (χ4n) is 2.09. The minimum atomic E-state index is -1.48. The van der Waals surface area contributed by atoms with Crippen molar-refractivity contribution in [3.63, 3.8) is 0 Å². The molecule has 1 aromatic rings. The van der Waals surface area contributed by atoms with E-state index in [4.69, 9.17) is 19.3 Å². The van der Waals surface area contributed by atoms with Gasteiger partial charge in [0.15, 0.2) is 6.29 Å². The third-order valence-corrected chi connectivity index (χ3v) is 3.38. The first-order valence-electron chi connectivity index (χ1n) is 6.62. The lowest BCUT2D eigenvalue weighted by atomic mass is 9.99. The fourth-order valence-corrected chi connectivity index (χ4v) is 2.09. The highest BCUT2D eigenvalue weighted by Gasteiger charge is 2.44.